The summed E-state index contributed by atoms with van der Waals surface area (Å²) in [6.45, 7) is 18.2. The summed E-state index contributed by atoms with van der Waals surface area (Å²) in [6.07, 6.45) is 0.857. The lowest BCUT2D eigenvalue weighted by molar-refractivity contribution is -0.135. The second-order valence-electron chi connectivity index (χ2n) is 23.7. The minimum Gasteiger partial charge on any atom is -0.478 e. The lowest BCUT2D eigenvalue weighted by Crippen LogP contribution is -2.62. The summed E-state index contributed by atoms with van der Waals surface area (Å²) in [7, 11) is 1.43. The molecule has 4 aromatic rings. The number of amides is 9. The summed E-state index contributed by atoms with van der Waals surface area (Å²) in [5.41, 5.74) is 8.31. The van der Waals surface area contributed by atoms with E-state index in [9.17, 15) is 48.3 Å². The molecule has 0 spiro atoms. The van der Waals surface area contributed by atoms with Crippen molar-refractivity contribution in [3.8, 4) is 0 Å². The molecule has 0 aliphatic rings. The molecule has 0 radical (unpaired) electrons. The monoisotopic (exact) mass is 1360 g/mol. The molecule has 0 fully saturated rings. The molecule has 0 saturated heterocycles. The van der Waals surface area contributed by atoms with Crippen LogP contribution in [-0.2, 0) is 65.7 Å². The number of nitrogens with one attached hydrogen (secondary N) is 7. The molecule has 1 aromatic heterocycles. The molecule has 89 heavy (non-hydrogen) atoms. The number of aliphatic carboxylic acids is 1. The summed E-state index contributed by atoms with van der Waals surface area (Å²) in [4.78, 5) is 130. The number of carbonyl (C=O) groups is 9. The summed E-state index contributed by atoms with van der Waals surface area (Å²) in [6, 6.07) is 14.7. The zero-order valence-corrected chi connectivity index (χ0v) is 55.7. The zero-order valence-electron chi connectivity index (χ0n) is 52.6. The second kappa shape index (κ2) is 35.6. The molecule has 0 bridgehead atoms. The van der Waals surface area contributed by atoms with Gasteiger partial charge in [-0.3, -0.25) is 33.7 Å². The van der Waals surface area contributed by atoms with Gasteiger partial charge in [-0.15, -0.1) is 0 Å². The number of nitrogens with zero attached hydrogens (tertiary/aromatic N) is 3. The van der Waals surface area contributed by atoms with Crippen molar-refractivity contribution in [2.45, 2.75) is 141 Å². The van der Waals surface area contributed by atoms with Crippen LogP contribution in [0.4, 0.5) is 15.3 Å². The van der Waals surface area contributed by atoms with E-state index >= 15 is 0 Å². The molecule has 486 valence electrons. The lowest BCUT2D eigenvalue weighted by atomic mass is 9.76. The molecule has 0 unspecified atom stereocenters. The Hall–Kier alpha value is -7.55. The molecule has 9 amide bonds. The number of hydrogen-bond acceptors (Lipinski definition) is 14. The minimum absolute atomic E-state index is 0.0272. The van der Waals surface area contributed by atoms with Crippen molar-refractivity contribution in [2.24, 2.45) is 23.0 Å². The van der Waals surface area contributed by atoms with Crippen LogP contribution in [0.3, 0.4) is 0 Å². The van der Waals surface area contributed by atoms with Crippen molar-refractivity contribution >= 4 is 102 Å². The van der Waals surface area contributed by atoms with Crippen molar-refractivity contribution in [2.75, 3.05) is 51.9 Å². The standard InChI is InChI=1S/C63H87Br2N11O13/c1-37(2)46(32-39(5)59(83)84)73-57(81)52(62(6,7)8)75-58(82)53(63(9,10)42-16-13-12-14-17-42)76(11)61(86)89-36-40-19-22-43(23-20-40)69-55(79)45(18-15-26-68-60(66)85)72-56(80)51(38(3)4)74-50(77)25-28-87-30-31-88-29-27-67-54(78)41-21-24-44-47(33-41)71-49(35-65)48(34-64)70-44/h12-14,16-17,19-24,32-33,37-38,45-46,51-53H,15,18,25-31,34-36H2,1-11H3,(H,67,78)(H,69,79)(H,72,80)(H,73,81)(H,74,77)(H,75,82)(H,83,84)(H3,66,68,85)/b39-32+/t45-,46+,51-,52+,53+/m0/s1. The average molecular weight is 1370 g/mol. The van der Waals surface area contributed by atoms with Gasteiger partial charge in [-0.2, -0.15) is 0 Å². The molecule has 10 N–H and O–H groups in total. The Labute approximate surface area is 537 Å². The third kappa shape index (κ3) is 23.4. The Kier molecular flexibility index (Phi) is 29.6. The molecule has 0 aliphatic carbocycles. The van der Waals surface area contributed by atoms with Gasteiger partial charge < -0.3 is 62.3 Å². The lowest BCUT2D eigenvalue weighted by Gasteiger charge is -2.41. The first kappa shape index (κ1) is 73.9. The number of ether oxygens (including phenoxy) is 3. The SMILES string of the molecule is C/C(=C\[C@@H](NC(=O)[C@@H](NC(=O)[C@@H](N(C)C(=O)OCc1ccc(NC(=O)[C@H](CCCNC(N)=O)NC(=O)[C@@H](NC(=O)CCOCCOCCNC(=O)c2ccc3nc(CBr)c(CBr)nc3c2)C(C)C)cc1)C(C)(C)c1ccccc1)C(C)(C)C)C(C)C)C(=O)O. The quantitative estimate of drug-likeness (QED) is 0.0130. The fraction of sp³-hybridized carbons (Fsp3) is 0.508. The molecular formula is C63H87Br2N11O13. The van der Waals surface area contributed by atoms with E-state index < -0.39 is 94.6 Å². The maximum absolute atomic E-state index is 14.7. The number of alkyl halides is 2. The van der Waals surface area contributed by atoms with Crippen LogP contribution in [0.2, 0.25) is 0 Å². The number of hydrogen-bond donors (Lipinski definition) is 9. The van der Waals surface area contributed by atoms with Gasteiger partial charge in [-0.25, -0.2) is 24.4 Å². The summed E-state index contributed by atoms with van der Waals surface area (Å²) >= 11 is 6.86. The van der Waals surface area contributed by atoms with Crippen LogP contribution in [0.5, 0.6) is 0 Å². The van der Waals surface area contributed by atoms with Gasteiger partial charge in [-0.1, -0.05) is 143 Å². The van der Waals surface area contributed by atoms with Gasteiger partial charge in [0, 0.05) is 59.5 Å². The van der Waals surface area contributed by atoms with Gasteiger partial charge in [-0.05, 0) is 78.5 Å². The molecule has 1 heterocycles. The van der Waals surface area contributed by atoms with Crippen LogP contribution < -0.4 is 43.0 Å². The van der Waals surface area contributed by atoms with E-state index in [0.29, 0.717) is 38.5 Å². The first-order valence-electron chi connectivity index (χ1n) is 29.3. The van der Waals surface area contributed by atoms with Gasteiger partial charge in [0.2, 0.25) is 29.5 Å². The van der Waals surface area contributed by atoms with E-state index in [4.69, 9.17) is 19.9 Å². The number of fused-ring (bicyclic) bond motifs is 1. The number of rotatable bonds is 34. The second-order valence-corrected chi connectivity index (χ2v) is 24.8. The van der Waals surface area contributed by atoms with Gasteiger partial charge in [0.25, 0.3) is 5.91 Å². The first-order chi connectivity index (χ1) is 42.0. The van der Waals surface area contributed by atoms with Gasteiger partial charge in [0.05, 0.1) is 54.9 Å². The minimum atomic E-state index is -1.23. The topological polar surface area (TPSA) is 341 Å². The van der Waals surface area contributed by atoms with Crippen molar-refractivity contribution in [1.29, 1.82) is 0 Å². The maximum atomic E-state index is 14.7. The summed E-state index contributed by atoms with van der Waals surface area (Å²) in [5, 5.41) is 30.0. The van der Waals surface area contributed by atoms with Crippen LogP contribution in [0.25, 0.3) is 11.0 Å². The Bertz CT molecular complexity index is 3100. The summed E-state index contributed by atoms with van der Waals surface area (Å²) in [5.74, 6) is -4.87. The Morgan fingerprint density at radius 1 is 0.708 bits per heavy atom. The smallest absolute Gasteiger partial charge is 0.410 e. The van der Waals surface area contributed by atoms with E-state index in [0.717, 1.165) is 17.0 Å². The van der Waals surface area contributed by atoms with Crippen molar-refractivity contribution in [3.05, 3.63) is 113 Å². The predicted molar refractivity (Wildman–Crippen MR) is 345 cm³/mol. The highest BCUT2D eigenvalue weighted by molar-refractivity contribution is 9.09. The first-order valence-corrected chi connectivity index (χ1v) is 31.6. The van der Waals surface area contributed by atoms with Gasteiger partial charge in [0.1, 0.15) is 30.8 Å². The largest absolute Gasteiger partial charge is 0.478 e. The Morgan fingerprint density at radius 3 is 1.92 bits per heavy atom. The number of benzene rings is 3. The molecular weight excluding hydrogens is 1280 g/mol. The molecule has 24 nitrogen and oxygen atoms in total. The number of carboxylic acid groups (broad SMARTS) is 1. The number of primary amides is 1. The number of urea groups is 1. The highest BCUT2D eigenvalue weighted by Gasteiger charge is 2.45. The number of anilines is 1. The predicted octanol–water partition coefficient (Wildman–Crippen LogP) is 6.90. The highest BCUT2D eigenvalue weighted by Crippen LogP contribution is 2.32. The third-order valence-corrected chi connectivity index (χ3v) is 15.6. The zero-order chi connectivity index (χ0) is 66.2. The number of carboxylic acids is 1. The van der Waals surface area contributed by atoms with Crippen molar-refractivity contribution in [1.82, 2.24) is 46.8 Å². The Balaban J connectivity index is 1.33. The molecule has 0 saturated carbocycles. The van der Waals surface area contributed by atoms with Crippen molar-refractivity contribution < 1.29 is 62.5 Å². The number of halogens is 2. The van der Waals surface area contributed by atoms with Crippen LogP contribution in [0, 0.1) is 17.3 Å². The Morgan fingerprint density at radius 2 is 1.34 bits per heavy atom. The van der Waals surface area contributed by atoms with Gasteiger partial charge >= 0.3 is 18.1 Å². The maximum Gasteiger partial charge on any atom is 0.410 e. The molecule has 0 aliphatic heterocycles. The van der Waals surface area contributed by atoms with Crippen LogP contribution in [0.15, 0.2) is 84.4 Å². The number of likely N-dealkylation sites (N-methyl/N-ethyl adjacent to an activating group) is 1. The van der Waals surface area contributed by atoms with Crippen LogP contribution >= 0.6 is 31.9 Å². The average Bonchev–Trinajstić information content (AvgIpc) is 2.22. The van der Waals surface area contributed by atoms with Crippen LogP contribution in [0.1, 0.15) is 121 Å². The molecule has 4 rings (SSSR count). The third-order valence-electron chi connectivity index (χ3n) is 14.5. The fourth-order valence-electron chi connectivity index (χ4n) is 9.30. The van der Waals surface area contributed by atoms with Crippen LogP contribution in [-0.4, -0.2) is 150 Å². The van der Waals surface area contributed by atoms with E-state index in [1.54, 1.807) is 90.9 Å². The summed E-state index contributed by atoms with van der Waals surface area (Å²) < 4.78 is 17.0. The highest BCUT2D eigenvalue weighted by atomic mass is 79.9. The molecule has 3 aromatic carbocycles. The molecule has 26 heteroatoms. The van der Waals surface area contributed by atoms with E-state index in [1.807, 2.05) is 44.2 Å². The van der Waals surface area contributed by atoms with E-state index in [-0.39, 0.29) is 82.8 Å². The number of nitrogens with two attached hydrogens (primary N) is 1. The van der Waals surface area contributed by atoms with Gasteiger partial charge in [0.15, 0.2) is 0 Å². The molecule has 5 atom stereocenters. The fourth-order valence-corrected chi connectivity index (χ4v) is 10.2. The number of carbonyl (C=O) groups excluding carboxylic acids is 8. The van der Waals surface area contributed by atoms with E-state index in [2.05, 4.69) is 79.0 Å². The number of aromatic nitrogens is 2. The normalized spacial score (nSPS) is 13.5. The van der Waals surface area contributed by atoms with Crippen molar-refractivity contribution in [3.63, 3.8) is 0 Å². The van der Waals surface area contributed by atoms with E-state index in [1.165, 1.54) is 24.9 Å².